The minimum Gasteiger partial charge on any atom is -0.444 e. The van der Waals surface area contributed by atoms with Gasteiger partial charge in [-0.15, -0.1) is 0 Å². The molecule has 1 fully saturated rings. The quantitative estimate of drug-likeness (QED) is 0.783. The van der Waals surface area contributed by atoms with Gasteiger partial charge in [-0.05, 0) is 33.6 Å². The molecular formula is C14H20FN3O3. The summed E-state index contributed by atoms with van der Waals surface area (Å²) in [6.07, 6.45) is 3.44. The van der Waals surface area contributed by atoms with Crippen LogP contribution in [0.25, 0.3) is 0 Å². The first-order chi connectivity index (χ1) is 9.76. The van der Waals surface area contributed by atoms with Crippen molar-refractivity contribution in [1.82, 2.24) is 14.7 Å². The predicted molar refractivity (Wildman–Crippen MR) is 73.3 cm³/mol. The van der Waals surface area contributed by atoms with Crippen molar-refractivity contribution in [3.63, 3.8) is 0 Å². The van der Waals surface area contributed by atoms with Crippen LogP contribution in [0.3, 0.4) is 0 Å². The van der Waals surface area contributed by atoms with E-state index in [4.69, 9.17) is 4.74 Å². The highest BCUT2D eigenvalue weighted by atomic mass is 19.1. The van der Waals surface area contributed by atoms with E-state index in [9.17, 15) is 14.0 Å². The summed E-state index contributed by atoms with van der Waals surface area (Å²) in [4.78, 5) is 25.0. The maximum Gasteiger partial charge on any atom is 0.410 e. The summed E-state index contributed by atoms with van der Waals surface area (Å²) >= 11 is 0. The van der Waals surface area contributed by atoms with Gasteiger partial charge in [0.25, 0.3) is 0 Å². The van der Waals surface area contributed by atoms with Crippen LogP contribution < -0.4 is 0 Å². The smallest absolute Gasteiger partial charge is 0.410 e. The highest BCUT2D eigenvalue weighted by Gasteiger charge is 2.39. The second-order valence-corrected chi connectivity index (χ2v) is 6.29. The molecule has 0 saturated carbocycles. The van der Waals surface area contributed by atoms with Crippen LogP contribution in [0, 0.1) is 5.82 Å². The Labute approximate surface area is 122 Å². The van der Waals surface area contributed by atoms with Crippen molar-refractivity contribution >= 4 is 12.4 Å². The summed E-state index contributed by atoms with van der Waals surface area (Å²) in [5, 5.41) is 3.89. The van der Waals surface area contributed by atoms with Crippen molar-refractivity contribution in [3.8, 4) is 0 Å². The molecule has 1 aromatic rings. The van der Waals surface area contributed by atoms with Crippen LogP contribution in [-0.4, -0.2) is 45.8 Å². The van der Waals surface area contributed by atoms with Crippen molar-refractivity contribution in [1.29, 1.82) is 0 Å². The van der Waals surface area contributed by atoms with Gasteiger partial charge in [0.05, 0.1) is 12.4 Å². The molecule has 1 aliphatic heterocycles. The van der Waals surface area contributed by atoms with Gasteiger partial charge in [0.1, 0.15) is 17.4 Å². The average Bonchev–Trinajstić information content (AvgIpc) is 2.84. The van der Waals surface area contributed by atoms with Crippen LogP contribution in [-0.2, 0) is 15.1 Å². The van der Waals surface area contributed by atoms with Gasteiger partial charge in [0.15, 0.2) is 5.82 Å². The lowest BCUT2D eigenvalue weighted by Gasteiger charge is -2.38. The Bertz CT molecular complexity index is 528. The molecule has 0 spiro atoms. The molecule has 7 heteroatoms. The summed E-state index contributed by atoms with van der Waals surface area (Å²) in [5.41, 5.74) is -1.44. The highest BCUT2D eigenvalue weighted by Crippen LogP contribution is 2.28. The summed E-state index contributed by atoms with van der Waals surface area (Å²) in [7, 11) is 0. The molecule has 0 atom stereocenters. The van der Waals surface area contributed by atoms with E-state index in [1.165, 1.54) is 10.9 Å². The van der Waals surface area contributed by atoms with Gasteiger partial charge in [-0.3, -0.25) is 4.68 Å². The lowest BCUT2D eigenvalue weighted by Crippen LogP contribution is -2.50. The first-order valence-electron chi connectivity index (χ1n) is 6.91. The van der Waals surface area contributed by atoms with Gasteiger partial charge in [-0.2, -0.15) is 5.10 Å². The molecule has 2 heterocycles. The van der Waals surface area contributed by atoms with Crippen molar-refractivity contribution in [2.45, 2.75) is 44.8 Å². The van der Waals surface area contributed by atoms with Crippen LogP contribution in [0.4, 0.5) is 9.18 Å². The summed E-state index contributed by atoms with van der Waals surface area (Å²) in [6, 6.07) is 0. The third-order valence-corrected chi connectivity index (χ3v) is 3.51. The number of aldehydes is 1. The Morgan fingerprint density at radius 1 is 1.43 bits per heavy atom. The molecule has 0 aliphatic carbocycles. The fourth-order valence-electron chi connectivity index (χ4n) is 2.35. The van der Waals surface area contributed by atoms with Crippen molar-refractivity contribution in [3.05, 3.63) is 18.2 Å². The molecule has 116 valence electrons. The standard InChI is InChI=1S/C14H20FN3O3/c1-13(2,3)21-12(20)17-6-4-14(10-19,5-7-17)18-9-11(15)8-16-18/h8-10H,4-7H2,1-3H3. The number of ether oxygens (including phenoxy) is 1. The number of carbonyl (C=O) groups excluding carboxylic acids is 2. The number of piperidine rings is 1. The maximum absolute atomic E-state index is 13.1. The fourth-order valence-corrected chi connectivity index (χ4v) is 2.35. The van der Waals surface area contributed by atoms with Crippen LogP contribution in [0.1, 0.15) is 33.6 Å². The Kier molecular flexibility index (Phi) is 4.02. The second-order valence-electron chi connectivity index (χ2n) is 6.29. The van der Waals surface area contributed by atoms with Crippen LogP contribution in [0.15, 0.2) is 12.4 Å². The van der Waals surface area contributed by atoms with E-state index in [1.807, 2.05) is 0 Å². The van der Waals surface area contributed by atoms with E-state index in [0.717, 1.165) is 12.5 Å². The lowest BCUT2D eigenvalue weighted by molar-refractivity contribution is -0.118. The predicted octanol–water partition coefficient (Wildman–Crippen LogP) is 1.95. The molecule has 6 nitrogen and oxygen atoms in total. The van der Waals surface area contributed by atoms with Gasteiger partial charge in [0, 0.05) is 13.1 Å². The van der Waals surface area contributed by atoms with E-state index >= 15 is 0 Å². The minimum atomic E-state index is -0.886. The Morgan fingerprint density at radius 3 is 2.48 bits per heavy atom. The molecular weight excluding hydrogens is 277 g/mol. The number of rotatable bonds is 2. The number of halogens is 1. The van der Waals surface area contributed by atoms with E-state index in [0.29, 0.717) is 25.9 Å². The fraction of sp³-hybridized carbons (Fsp3) is 0.643. The van der Waals surface area contributed by atoms with Crippen LogP contribution in [0.2, 0.25) is 0 Å². The summed E-state index contributed by atoms with van der Waals surface area (Å²) < 4.78 is 19.7. The number of likely N-dealkylation sites (tertiary alicyclic amines) is 1. The van der Waals surface area contributed by atoms with E-state index in [-0.39, 0.29) is 0 Å². The first kappa shape index (κ1) is 15.5. The van der Waals surface area contributed by atoms with Gasteiger partial charge in [-0.1, -0.05) is 0 Å². The van der Waals surface area contributed by atoms with E-state index in [2.05, 4.69) is 5.10 Å². The molecule has 21 heavy (non-hydrogen) atoms. The second kappa shape index (κ2) is 5.46. The third-order valence-electron chi connectivity index (χ3n) is 3.51. The number of aromatic nitrogens is 2. The Morgan fingerprint density at radius 2 is 2.05 bits per heavy atom. The molecule has 2 rings (SSSR count). The SMILES string of the molecule is CC(C)(C)OC(=O)N1CCC(C=O)(n2cc(F)cn2)CC1. The highest BCUT2D eigenvalue weighted by molar-refractivity contribution is 5.69. The van der Waals surface area contributed by atoms with Crippen molar-refractivity contribution < 1.29 is 18.7 Å². The molecule has 1 aromatic heterocycles. The monoisotopic (exact) mass is 297 g/mol. The van der Waals surface area contributed by atoms with Gasteiger partial charge < -0.3 is 14.4 Å². The molecule has 1 saturated heterocycles. The third kappa shape index (κ3) is 3.40. The van der Waals surface area contributed by atoms with E-state index in [1.54, 1.807) is 25.7 Å². The molecule has 0 unspecified atom stereocenters. The average molecular weight is 297 g/mol. The number of carbonyl (C=O) groups is 2. The summed E-state index contributed by atoms with van der Waals surface area (Å²) in [5.74, 6) is -0.481. The maximum atomic E-state index is 13.1. The Hall–Kier alpha value is -1.92. The zero-order valence-corrected chi connectivity index (χ0v) is 12.5. The van der Waals surface area contributed by atoms with Crippen molar-refractivity contribution in [2.24, 2.45) is 0 Å². The van der Waals surface area contributed by atoms with Gasteiger partial charge >= 0.3 is 6.09 Å². The topological polar surface area (TPSA) is 64.4 Å². The number of hydrogen-bond acceptors (Lipinski definition) is 4. The molecule has 0 bridgehead atoms. The van der Waals surface area contributed by atoms with Gasteiger partial charge in [-0.25, -0.2) is 9.18 Å². The normalized spacial score (nSPS) is 18.4. The molecule has 0 N–H and O–H groups in total. The largest absolute Gasteiger partial charge is 0.444 e. The number of nitrogens with zero attached hydrogens (tertiary/aromatic N) is 3. The zero-order valence-electron chi connectivity index (χ0n) is 12.5. The van der Waals surface area contributed by atoms with Crippen molar-refractivity contribution in [2.75, 3.05) is 13.1 Å². The van der Waals surface area contributed by atoms with Crippen LogP contribution >= 0.6 is 0 Å². The first-order valence-corrected chi connectivity index (χ1v) is 6.91. The zero-order chi connectivity index (χ0) is 15.7. The van der Waals surface area contributed by atoms with Gasteiger partial charge in [0.2, 0.25) is 0 Å². The lowest BCUT2D eigenvalue weighted by atomic mass is 9.89. The number of hydrogen-bond donors (Lipinski definition) is 0. The van der Waals surface area contributed by atoms with E-state index < -0.39 is 23.1 Å². The molecule has 0 aromatic carbocycles. The molecule has 0 radical (unpaired) electrons. The molecule has 1 amide bonds. The number of amides is 1. The molecule has 1 aliphatic rings. The Balaban J connectivity index is 2.04. The van der Waals surface area contributed by atoms with Crippen LogP contribution in [0.5, 0.6) is 0 Å². The minimum absolute atomic E-state index is 0.370. The summed E-state index contributed by atoms with van der Waals surface area (Å²) in [6.45, 7) is 6.15.